The number of amidine groups is 1. The summed E-state index contributed by atoms with van der Waals surface area (Å²) in [5.74, 6) is 6.82. The van der Waals surface area contributed by atoms with Crippen LogP contribution in [0.4, 0.5) is 0 Å². The van der Waals surface area contributed by atoms with Crippen molar-refractivity contribution in [2.75, 3.05) is 13.1 Å². The summed E-state index contributed by atoms with van der Waals surface area (Å²) in [7, 11) is 0. The molecule has 1 aromatic carbocycles. The lowest BCUT2D eigenvalue weighted by Crippen LogP contribution is -2.36. The number of aliphatic imine (C=N–C) groups is 1. The third kappa shape index (κ3) is 1.92. The molecule has 2 aromatic rings. The summed E-state index contributed by atoms with van der Waals surface area (Å²) in [4.78, 5) is 4.50. The van der Waals surface area contributed by atoms with Crippen molar-refractivity contribution < 1.29 is 0 Å². The van der Waals surface area contributed by atoms with Gasteiger partial charge in [-0.1, -0.05) is 18.2 Å². The van der Waals surface area contributed by atoms with Crippen LogP contribution in [0.25, 0.3) is 5.69 Å². The van der Waals surface area contributed by atoms with E-state index in [0.717, 1.165) is 41.6 Å². The van der Waals surface area contributed by atoms with Gasteiger partial charge in [-0.05, 0) is 26.0 Å². The van der Waals surface area contributed by atoms with Gasteiger partial charge in [-0.2, -0.15) is 5.10 Å². The van der Waals surface area contributed by atoms with Gasteiger partial charge in [0.25, 0.3) is 0 Å². The highest BCUT2D eigenvalue weighted by Crippen LogP contribution is 2.20. The summed E-state index contributed by atoms with van der Waals surface area (Å²) in [5.41, 5.74) is 4.14. The van der Waals surface area contributed by atoms with Crippen molar-refractivity contribution in [2.24, 2.45) is 10.8 Å². The van der Waals surface area contributed by atoms with E-state index >= 15 is 0 Å². The predicted octanol–water partition coefficient (Wildman–Crippen LogP) is 1.43. The lowest BCUT2D eigenvalue weighted by molar-refractivity contribution is 0.482. The molecule has 1 aliphatic heterocycles. The van der Waals surface area contributed by atoms with E-state index < -0.39 is 0 Å². The first-order valence-electron chi connectivity index (χ1n) is 6.37. The number of nitrogens with two attached hydrogens (primary N) is 1. The predicted molar refractivity (Wildman–Crippen MR) is 75.3 cm³/mol. The molecule has 0 unspecified atom stereocenters. The van der Waals surface area contributed by atoms with E-state index in [0.29, 0.717) is 0 Å². The highest BCUT2D eigenvalue weighted by molar-refractivity contribution is 5.99. The molecular formula is C14H17N5. The Hall–Kier alpha value is -2.14. The molecule has 0 aliphatic carbocycles. The first kappa shape index (κ1) is 11.9. The lowest BCUT2D eigenvalue weighted by Gasteiger charge is -2.15. The van der Waals surface area contributed by atoms with Gasteiger partial charge in [0.15, 0.2) is 5.84 Å². The zero-order valence-electron chi connectivity index (χ0n) is 11.2. The number of para-hydroxylation sites is 1. The van der Waals surface area contributed by atoms with Gasteiger partial charge in [-0.3, -0.25) is 10.0 Å². The second-order valence-electron chi connectivity index (χ2n) is 4.71. The zero-order valence-corrected chi connectivity index (χ0v) is 11.2. The smallest absolute Gasteiger partial charge is 0.164 e. The maximum Gasteiger partial charge on any atom is 0.164 e. The van der Waals surface area contributed by atoms with Crippen LogP contribution in [-0.4, -0.2) is 33.7 Å². The van der Waals surface area contributed by atoms with Gasteiger partial charge in [0, 0.05) is 5.56 Å². The fourth-order valence-corrected chi connectivity index (χ4v) is 2.29. The van der Waals surface area contributed by atoms with Crippen LogP contribution in [0.5, 0.6) is 0 Å². The Balaban J connectivity index is 2.19. The Morgan fingerprint density at radius 2 is 1.89 bits per heavy atom. The average molecular weight is 255 g/mol. The largest absolute Gasteiger partial charge is 0.291 e. The molecule has 0 bridgehead atoms. The van der Waals surface area contributed by atoms with Gasteiger partial charge in [-0.15, -0.1) is 0 Å². The Bertz CT molecular complexity index is 627. The topological polar surface area (TPSA) is 59.4 Å². The second kappa shape index (κ2) is 4.51. The lowest BCUT2D eigenvalue weighted by atomic mass is 10.2. The molecule has 5 heteroatoms. The molecule has 0 spiro atoms. The van der Waals surface area contributed by atoms with Gasteiger partial charge >= 0.3 is 0 Å². The molecule has 0 radical (unpaired) electrons. The number of hydrazine groups is 1. The average Bonchev–Trinajstić information content (AvgIpc) is 2.96. The number of rotatable bonds is 2. The van der Waals surface area contributed by atoms with Crippen molar-refractivity contribution in [2.45, 2.75) is 13.8 Å². The van der Waals surface area contributed by atoms with Gasteiger partial charge in [0.1, 0.15) is 5.69 Å². The van der Waals surface area contributed by atoms with Gasteiger partial charge < -0.3 is 0 Å². The maximum absolute atomic E-state index is 6.00. The third-order valence-corrected chi connectivity index (χ3v) is 3.45. The van der Waals surface area contributed by atoms with E-state index in [4.69, 9.17) is 5.84 Å². The molecule has 0 atom stereocenters. The van der Waals surface area contributed by atoms with Crippen LogP contribution in [0.15, 0.2) is 35.3 Å². The zero-order chi connectivity index (χ0) is 13.4. The maximum atomic E-state index is 6.00. The van der Waals surface area contributed by atoms with Gasteiger partial charge in [-0.25, -0.2) is 10.5 Å². The Kier molecular flexibility index (Phi) is 2.83. The molecule has 1 aliphatic rings. The Morgan fingerprint density at radius 3 is 2.53 bits per heavy atom. The van der Waals surface area contributed by atoms with E-state index in [1.54, 1.807) is 5.01 Å². The molecule has 19 heavy (non-hydrogen) atoms. The normalized spacial score (nSPS) is 14.9. The van der Waals surface area contributed by atoms with Crippen molar-refractivity contribution in [3.05, 3.63) is 47.3 Å². The minimum Gasteiger partial charge on any atom is -0.291 e. The van der Waals surface area contributed by atoms with Crippen molar-refractivity contribution >= 4 is 5.84 Å². The van der Waals surface area contributed by atoms with E-state index in [1.165, 1.54) is 0 Å². The molecule has 0 saturated heterocycles. The number of hydrogen-bond donors (Lipinski definition) is 1. The molecule has 2 N–H and O–H groups in total. The highest BCUT2D eigenvalue weighted by atomic mass is 15.5. The molecule has 98 valence electrons. The first-order chi connectivity index (χ1) is 9.18. The molecular weight excluding hydrogens is 238 g/mol. The summed E-state index contributed by atoms with van der Waals surface area (Å²) in [5, 5.41) is 6.31. The number of benzene rings is 1. The molecule has 2 heterocycles. The van der Waals surface area contributed by atoms with Crippen molar-refractivity contribution in [3.63, 3.8) is 0 Å². The molecule has 3 rings (SSSR count). The first-order valence-corrected chi connectivity index (χ1v) is 6.37. The van der Waals surface area contributed by atoms with E-state index in [1.807, 2.05) is 41.9 Å². The quantitative estimate of drug-likeness (QED) is 0.826. The summed E-state index contributed by atoms with van der Waals surface area (Å²) in [6.45, 7) is 5.57. The van der Waals surface area contributed by atoms with E-state index in [9.17, 15) is 0 Å². The Morgan fingerprint density at radius 1 is 1.16 bits per heavy atom. The van der Waals surface area contributed by atoms with Crippen LogP contribution < -0.4 is 5.84 Å². The number of nitrogens with zero attached hydrogens (tertiary/aromatic N) is 4. The van der Waals surface area contributed by atoms with Crippen molar-refractivity contribution in [1.29, 1.82) is 0 Å². The van der Waals surface area contributed by atoms with E-state index in [2.05, 4.69) is 17.0 Å². The Labute approximate surface area is 112 Å². The molecule has 5 nitrogen and oxygen atoms in total. The van der Waals surface area contributed by atoms with Crippen LogP contribution in [-0.2, 0) is 0 Å². The number of hydrogen-bond acceptors (Lipinski definition) is 4. The standard InChI is InChI=1S/C14H17N5/c1-10-11(2)17-19(12-6-4-3-5-7-12)13(10)14-16-8-9-18(14)15/h3-7H,8-9,15H2,1-2H3. The minimum absolute atomic E-state index is 0.740. The minimum atomic E-state index is 0.740. The fraction of sp³-hybridized carbons (Fsp3) is 0.286. The van der Waals surface area contributed by atoms with Crippen LogP contribution in [0.3, 0.4) is 0 Å². The summed E-state index contributed by atoms with van der Waals surface area (Å²) < 4.78 is 1.93. The van der Waals surface area contributed by atoms with Crippen LogP contribution in [0.1, 0.15) is 17.0 Å². The number of aromatic nitrogens is 2. The molecule has 0 amide bonds. The van der Waals surface area contributed by atoms with Crippen molar-refractivity contribution in [3.8, 4) is 5.69 Å². The molecule has 0 fully saturated rings. The van der Waals surface area contributed by atoms with Gasteiger partial charge in [0.2, 0.25) is 0 Å². The van der Waals surface area contributed by atoms with Crippen LogP contribution in [0.2, 0.25) is 0 Å². The van der Waals surface area contributed by atoms with Crippen LogP contribution in [0, 0.1) is 13.8 Å². The van der Waals surface area contributed by atoms with Crippen molar-refractivity contribution in [1.82, 2.24) is 14.8 Å². The summed E-state index contributed by atoms with van der Waals surface area (Å²) >= 11 is 0. The number of aryl methyl sites for hydroxylation is 1. The summed E-state index contributed by atoms with van der Waals surface area (Å²) in [6, 6.07) is 10.1. The molecule has 1 aromatic heterocycles. The third-order valence-electron chi connectivity index (χ3n) is 3.45. The van der Waals surface area contributed by atoms with E-state index in [-0.39, 0.29) is 0 Å². The van der Waals surface area contributed by atoms with Crippen LogP contribution >= 0.6 is 0 Å². The van der Waals surface area contributed by atoms with Gasteiger partial charge in [0.05, 0.1) is 24.5 Å². The monoisotopic (exact) mass is 255 g/mol. The SMILES string of the molecule is Cc1nn(-c2ccccc2)c(C2=NCCN2N)c1C. The fourth-order valence-electron chi connectivity index (χ4n) is 2.29. The summed E-state index contributed by atoms with van der Waals surface area (Å²) in [6.07, 6.45) is 0. The highest BCUT2D eigenvalue weighted by Gasteiger charge is 2.24. The second-order valence-corrected chi connectivity index (χ2v) is 4.71. The molecule has 0 saturated carbocycles.